The van der Waals surface area contributed by atoms with Crippen molar-refractivity contribution in [1.82, 2.24) is 10.2 Å². The summed E-state index contributed by atoms with van der Waals surface area (Å²) < 4.78 is 0. The quantitative estimate of drug-likeness (QED) is 0.689. The summed E-state index contributed by atoms with van der Waals surface area (Å²) in [6.07, 6.45) is 0.754. The first-order chi connectivity index (χ1) is 6.42. The predicted octanol–water partition coefficient (Wildman–Crippen LogP) is 2.02. The van der Waals surface area contributed by atoms with E-state index in [4.69, 9.17) is 6.57 Å². The SMILES string of the molecule is [C-]#[N+]CCc1[nH]nc2ccccc12. The number of hydrogen-bond acceptors (Lipinski definition) is 1. The average Bonchev–Trinajstić information content (AvgIpc) is 2.58. The molecule has 0 aliphatic heterocycles. The van der Waals surface area contributed by atoms with Crippen LogP contribution in [0.4, 0.5) is 0 Å². The first-order valence-electron chi connectivity index (χ1n) is 4.17. The second-order valence-electron chi connectivity index (χ2n) is 2.85. The number of aromatic amines is 1. The van der Waals surface area contributed by atoms with Crippen LogP contribution >= 0.6 is 0 Å². The van der Waals surface area contributed by atoms with E-state index in [2.05, 4.69) is 15.0 Å². The molecule has 2 rings (SSSR count). The highest BCUT2D eigenvalue weighted by Crippen LogP contribution is 2.15. The van der Waals surface area contributed by atoms with Gasteiger partial charge in [0.2, 0.25) is 6.54 Å². The smallest absolute Gasteiger partial charge is 0.220 e. The molecule has 1 aromatic carbocycles. The minimum absolute atomic E-state index is 0.520. The van der Waals surface area contributed by atoms with Crippen LogP contribution in [0.2, 0.25) is 0 Å². The number of aromatic nitrogens is 2. The Kier molecular flexibility index (Phi) is 1.97. The summed E-state index contributed by atoms with van der Waals surface area (Å²) in [5.74, 6) is 0. The summed E-state index contributed by atoms with van der Waals surface area (Å²) in [7, 11) is 0. The van der Waals surface area contributed by atoms with Gasteiger partial charge in [0.05, 0.1) is 17.6 Å². The first kappa shape index (κ1) is 7.81. The van der Waals surface area contributed by atoms with Crippen molar-refractivity contribution in [2.75, 3.05) is 6.54 Å². The van der Waals surface area contributed by atoms with Crippen LogP contribution in [0, 0.1) is 6.57 Å². The van der Waals surface area contributed by atoms with Crippen LogP contribution in [0.25, 0.3) is 15.7 Å². The Morgan fingerprint density at radius 1 is 1.38 bits per heavy atom. The van der Waals surface area contributed by atoms with Crippen molar-refractivity contribution in [3.8, 4) is 0 Å². The van der Waals surface area contributed by atoms with Gasteiger partial charge < -0.3 is 4.85 Å². The van der Waals surface area contributed by atoms with Gasteiger partial charge in [0, 0.05) is 5.39 Å². The molecular formula is C10H9N3. The van der Waals surface area contributed by atoms with Gasteiger partial charge in [-0.25, -0.2) is 6.57 Å². The molecule has 0 bridgehead atoms. The van der Waals surface area contributed by atoms with Gasteiger partial charge in [-0.1, -0.05) is 18.2 Å². The van der Waals surface area contributed by atoms with E-state index in [0.717, 1.165) is 23.0 Å². The van der Waals surface area contributed by atoms with E-state index in [1.807, 2.05) is 24.3 Å². The van der Waals surface area contributed by atoms with Crippen LogP contribution < -0.4 is 0 Å². The third-order valence-corrected chi connectivity index (χ3v) is 2.01. The summed E-state index contributed by atoms with van der Waals surface area (Å²) in [6.45, 7) is 7.22. The summed E-state index contributed by atoms with van der Waals surface area (Å²) in [4.78, 5) is 3.32. The molecule has 0 aliphatic rings. The van der Waals surface area contributed by atoms with Crippen molar-refractivity contribution in [1.29, 1.82) is 0 Å². The van der Waals surface area contributed by atoms with E-state index in [0.29, 0.717) is 6.54 Å². The molecule has 3 heteroatoms. The lowest BCUT2D eigenvalue weighted by atomic mass is 10.2. The second kappa shape index (κ2) is 3.28. The van der Waals surface area contributed by atoms with Crippen molar-refractivity contribution < 1.29 is 0 Å². The molecule has 0 radical (unpaired) electrons. The van der Waals surface area contributed by atoms with Gasteiger partial charge in [0.15, 0.2) is 0 Å². The molecule has 0 aliphatic carbocycles. The van der Waals surface area contributed by atoms with Crippen molar-refractivity contribution in [3.05, 3.63) is 41.4 Å². The molecule has 0 amide bonds. The van der Waals surface area contributed by atoms with Gasteiger partial charge >= 0.3 is 0 Å². The van der Waals surface area contributed by atoms with Gasteiger partial charge in [-0.3, -0.25) is 5.10 Å². The number of hydrogen-bond donors (Lipinski definition) is 1. The molecule has 0 spiro atoms. The fourth-order valence-electron chi connectivity index (χ4n) is 1.37. The average molecular weight is 171 g/mol. The lowest BCUT2D eigenvalue weighted by Gasteiger charge is -1.90. The lowest BCUT2D eigenvalue weighted by molar-refractivity contribution is 0.965. The third-order valence-electron chi connectivity index (χ3n) is 2.01. The molecule has 0 saturated carbocycles. The van der Waals surface area contributed by atoms with Crippen LogP contribution in [-0.4, -0.2) is 16.7 Å². The number of rotatable bonds is 2. The Morgan fingerprint density at radius 3 is 3.08 bits per heavy atom. The third kappa shape index (κ3) is 1.38. The Morgan fingerprint density at radius 2 is 2.23 bits per heavy atom. The zero-order valence-corrected chi connectivity index (χ0v) is 7.12. The van der Waals surface area contributed by atoms with Crippen LogP contribution in [-0.2, 0) is 6.42 Å². The minimum atomic E-state index is 0.520. The summed E-state index contributed by atoms with van der Waals surface area (Å²) in [6, 6.07) is 7.94. The Labute approximate surface area is 76.2 Å². The lowest BCUT2D eigenvalue weighted by Crippen LogP contribution is -1.87. The van der Waals surface area contributed by atoms with Gasteiger partial charge in [0.25, 0.3) is 0 Å². The van der Waals surface area contributed by atoms with E-state index < -0.39 is 0 Å². The fourth-order valence-corrected chi connectivity index (χ4v) is 1.37. The standard InChI is InChI=1S/C10H9N3/c1-11-7-6-10-8-4-2-3-5-9(8)12-13-10/h2-5H,6-7H2,(H,12,13). The number of nitrogens with one attached hydrogen (secondary N) is 1. The molecule has 1 aromatic heterocycles. The maximum Gasteiger partial charge on any atom is 0.220 e. The molecule has 64 valence electrons. The highest BCUT2D eigenvalue weighted by molar-refractivity contribution is 5.81. The summed E-state index contributed by atoms with van der Waals surface area (Å²) >= 11 is 0. The maximum atomic E-state index is 6.70. The van der Waals surface area contributed by atoms with E-state index in [9.17, 15) is 0 Å². The number of para-hydroxylation sites is 1. The maximum absolute atomic E-state index is 6.70. The van der Waals surface area contributed by atoms with E-state index in [1.165, 1.54) is 0 Å². The Bertz CT molecular complexity index is 450. The topological polar surface area (TPSA) is 33.0 Å². The summed E-state index contributed by atoms with van der Waals surface area (Å²) in [5.41, 5.74) is 2.04. The zero-order chi connectivity index (χ0) is 9.10. The number of benzene rings is 1. The van der Waals surface area contributed by atoms with Crippen LogP contribution in [0.3, 0.4) is 0 Å². The van der Waals surface area contributed by atoms with Gasteiger partial charge in [0.1, 0.15) is 0 Å². The minimum Gasteiger partial charge on any atom is -0.317 e. The van der Waals surface area contributed by atoms with E-state index >= 15 is 0 Å². The largest absolute Gasteiger partial charge is 0.317 e. The molecule has 1 N–H and O–H groups in total. The molecule has 0 atom stereocenters. The van der Waals surface area contributed by atoms with Crippen LogP contribution in [0.15, 0.2) is 24.3 Å². The molecule has 2 aromatic rings. The molecule has 0 unspecified atom stereocenters. The monoisotopic (exact) mass is 171 g/mol. The van der Waals surface area contributed by atoms with Gasteiger partial charge in [-0.15, -0.1) is 0 Å². The molecule has 0 saturated heterocycles. The first-order valence-corrected chi connectivity index (χ1v) is 4.17. The van der Waals surface area contributed by atoms with Crippen molar-refractivity contribution in [2.24, 2.45) is 0 Å². The highest BCUT2D eigenvalue weighted by atomic mass is 15.1. The molecule has 13 heavy (non-hydrogen) atoms. The number of H-pyrrole nitrogens is 1. The molecule has 3 nitrogen and oxygen atoms in total. The normalized spacial score (nSPS) is 10.1. The van der Waals surface area contributed by atoms with Gasteiger partial charge in [-0.05, 0) is 6.07 Å². The second-order valence-corrected chi connectivity index (χ2v) is 2.85. The number of nitrogens with zero attached hydrogens (tertiary/aromatic N) is 2. The fraction of sp³-hybridized carbons (Fsp3) is 0.200. The molecule has 1 heterocycles. The van der Waals surface area contributed by atoms with E-state index in [-0.39, 0.29) is 0 Å². The van der Waals surface area contributed by atoms with Crippen molar-refractivity contribution in [2.45, 2.75) is 6.42 Å². The summed E-state index contributed by atoms with van der Waals surface area (Å²) in [5, 5.41) is 8.23. The molecule has 0 fully saturated rings. The van der Waals surface area contributed by atoms with Crippen molar-refractivity contribution >= 4 is 10.9 Å². The van der Waals surface area contributed by atoms with Crippen LogP contribution in [0.5, 0.6) is 0 Å². The highest BCUT2D eigenvalue weighted by Gasteiger charge is 2.04. The predicted molar refractivity (Wildman–Crippen MR) is 51.3 cm³/mol. The van der Waals surface area contributed by atoms with Gasteiger partial charge in [-0.2, -0.15) is 5.10 Å². The zero-order valence-electron chi connectivity index (χ0n) is 7.12. The van der Waals surface area contributed by atoms with Crippen LogP contribution in [0.1, 0.15) is 5.69 Å². The number of fused-ring (bicyclic) bond motifs is 1. The van der Waals surface area contributed by atoms with E-state index in [1.54, 1.807) is 0 Å². The Balaban J connectivity index is 2.41. The Hall–Kier alpha value is -1.82. The molecular weight excluding hydrogens is 162 g/mol. The van der Waals surface area contributed by atoms with Crippen molar-refractivity contribution in [3.63, 3.8) is 0 Å².